The lowest BCUT2D eigenvalue weighted by Crippen LogP contribution is -2.37. The zero-order valence-corrected chi connectivity index (χ0v) is 13.3. The number of nitrogens with one attached hydrogen (secondary N) is 2. The predicted molar refractivity (Wildman–Crippen MR) is 88.0 cm³/mol. The second kappa shape index (κ2) is 9.82. The maximum Gasteiger partial charge on any atom is 0.191 e. The van der Waals surface area contributed by atoms with Gasteiger partial charge < -0.3 is 10.6 Å². The van der Waals surface area contributed by atoms with Crippen LogP contribution in [0.25, 0.3) is 0 Å². The van der Waals surface area contributed by atoms with Crippen LogP contribution >= 0.6 is 0 Å². The van der Waals surface area contributed by atoms with Gasteiger partial charge in [0.05, 0.1) is 18.2 Å². The molecule has 0 aliphatic heterocycles. The molecule has 0 radical (unpaired) electrons. The molecule has 0 unspecified atom stereocenters. The van der Waals surface area contributed by atoms with Gasteiger partial charge in [-0.2, -0.15) is 5.26 Å². The summed E-state index contributed by atoms with van der Waals surface area (Å²) in [5.41, 5.74) is 1.79. The van der Waals surface area contributed by atoms with Crippen molar-refractivity contribution in [2.45, 2.75) is 40.2 Å². The molecule has 1 rings (SSSR count). The number of hydrogen-bond donors (Lipinski definition) is 2. The van der Waals surface area contributed by atoms with Crippen LogP contribution in [0.3, 0.4) is 0 Å². The molecule has 4 heteroatoms. The topological polar surface area (TPSA) is 60.2 Å². The smallest absolute Gasteiger partial charge is 0.191 e. The predicted octanol–water partition coefficient (Wildman–Crippen LogP) is 3.05. The van der Waals surface area contributed by atoms with Gasteiger partial charge in [-0.3, -0.25) is 0 Å². The maximum atomic E-state index is 8.78. The molecule has 0 amide bonds. The van der Waals surface area contributed by atoms with Crippen molar-refractivity contribution in [1.82, 2.24) is 10.6 Å². The van der Waals surface area contributed by atoms with Crippen LogP contribution in [0.1, 0.15) is 44.7 Å². The van der Waals surface area contributed by atoms with Crippen LogP contribution in [-0.2, 0) is 6.54 Å². The zero-order valence-electron chi connectivity index (χ0n) is 13.3. The molecule has 4 nitrogen and oxygen atoms in total. The van der Waals surface area contributed by atoms with E-state index in [1.165, 1.54) is 6.42 Å². The van der Waals surface area contributed by atoms with E-state index in [0.29, 0.717) is 12.1 Å². The summed E-state index contributed by atoms with van der Waals surface area (Å²) in [5.74, 6) is 1.59. The molecule has 0 aromatic heterocycles. The Kier molecular flexibility index (Phi) is 7.96. The Morgan fingerprint density at radius 3 is 2.52 bits per heavy atom. The fourth-order valence-electron chi connectivity index (χ4n) is 1.91. The lowest BCUT2D eigenvalue weighted by atomic mass is 10.1. The normalized spacial score (nSPS) is 11.3. The van der Waals surface area contributed by atoms with Gasteiger partial charge >= 0.3 is 0 Å². The van der Waals surface area contributed by atoms with E-state index in [2.05, 4.69) is 42.5 Å². The molecular formula is C17H26N4. The summed E-state index contributed by atoms with van der Waals surface area (Å²) in [7, 11) is 0. The van der Waals surface area contributed by atoms with E-state index in [0.717, 1.165) is 37.0 Å². The van der Waals surface area contributed by atoms with Crippen LogP contribution in [0, 0.1) is 17.2 Å². The molecule has 2 N–H and O–H groups in total. The van der Waals surface area contributed by atoms with Crippen molar-refractivity contribution in [3.63, 3.8) is 0 Å². The van der Waals surface area contributed by atoms with Crippen molar-refractivity contribution in [3.8, 4) is 6.07 Å². The molecule has 0 atom stereocenters. The molecule has 0 bridgehead atoms. The third kappa shape index (κ3) is 7.36. The lowest BCUT2D eigenvalue weighted by molar-refractivity contribution is 0.549. The van der Waals surface area contributed by atoms with Gasteiger partial charge in [-0.25, -0.2) is 4.99 Å². The van der Waals surface area contributed by atoms with Crippen molar-refractivity contribution >= 4 is 5.96 Å². The Morgan fingerprint density at radius 1 is 1.24 bits per heavy atom. The summed E-state index contributed by atoms with van der Waals surface area (Å²) in [4.78, 5) is 4.57. The summed E-state index contributed by atoms with van der Waals surface area (Å²) in [6.07, 6.45) is 2.38. The molecule has 0 heterocycles. The second-order valence-corrected chi connectivity index (χ2v) is 5.47. The first-order valence-corrected chi connectivity index (χ1v) is 7.67. The molecular weight excluding hydrogens is 260 g/mol. The standard InChI is InChI=1S/C17H26N4/c1-4-19-17(20-11-5-6-14(2)3)21-13-16-9-7-15(12-18)8-10-16/h7-10,14H,4-6,11,13H2,1-3H3,(H2,19,20,21). The number of hydrogen-bond acceptors (Lipinski definition) is 2. The summed E-state index contributed by atoms with van der Waals surface area (Å²) in [6.45, 7) is 8.95. The quantitative estimate of drug-likeness (QED) is 0.460. The van der Waals surface area contributed by atoms with Crippen LogP contribution in [-0.4, -0.2) is 19.0 Å². The zero-order chi connectivity index (χ0) is 15.5. The van der Waals surface area contributed by atoms with Crippen LogP contribution in [0.4, 0.5) is 0 Å². The van der Waals surface area contributed by atoms with Crippen LogP contribution in [0.2, 0.25) is 0 Å². The monoisotopic (exact) mass is 286 g/mol. The Bertz CT molecular complexity index is 469. The number of aliphatic imine (C=N–C) groups is 1. The Labute approximate surface area is 128 Å². The minimum Gasteiger partial charge on any atom is -0.357 e. The summed E-state index contributed by atoms with van der Waals surface area (Å²) in [5, 5.41) is 15.4. The number of rotatable bonds is 7. The third-order valence-corrected chi connectivity index (χ3v) is 3.10. The first-order valence-electron chi connectivity index (χ1n) is 7.67. The minimum absolute atomic E-state index is 0.616. The van der Waals surface area contributed by atoms with Gasteiger partial charge in [0.2, 0.25) is 0 Å². The minimum atomic E-state index is 0.616. The van der Waals surface area contributed by atoms with Crippen molar-refractivity contribution in [2.24, 2.45) is 10.9 Å². The van der Waals surface area contributed by atoms with E-state index < -0.39 is 0 Å². The highest BCUT2D eigenvalue weighted by molar-refractivity contribution is 5.79. The van der Waals surface area contributed by atoms with E-state index in [1.54, 1.807) is 0 Å². The average molecular weight is 286 g/mol. The van der Waals surface area contributed by atoms with Gasteiger partial charge in [-0.15, -0.1) is 0 Å². The summed E-state index contributed by atoms with van der Waals surface area (Å²) in [6, 6.07) is 9.67. The maximum absolute atomic E-state index is 8.78. The molecule has 0 saturated carbocycles. The fraction of sp³-hybridized carbons (Fsp3) is 0.529. The van der Waals surface area contributed by atoms with Crippen LogP contribution in [0.15, 0.2) is 29.3 Å². The molecule has 0 saturated heterocycles. The highest BCUT2D eigenvalue weighted by atomic mass is 15.2. The molecule has 0 fully saturated rings. The molecule has 1 aromatic carbocycles. The van der Waals surface area contributed by atoms with Crippen molar-refractivity contribution in [2.75, 3.05) is 13.1 Å². The Morgan fingerprint density at radius 2 is 1.95 bits per heavy atom. The summed E-state index contributed by atoms with van der Waals surface area (Å²) < 4.78 is 0. The highest BCUT2D eigenvalue weighted by Gasteiger charge is 1.99. The van der Waals surface area contributed by atoms with Gasteiger partial charge in [0.1, 0.15) is 0 Å². The van der Waals surface area contributed by atoms with Crippen LogP contribution in [0.5, 0.6) is 0 Å². The van der Waals surface area contributed by atoms with Gasteiger partial charge in [0.25, 0.3) is 0 Å². The van der Waals surface area contributed by atoms with E-state index in [-0.39, 0.29) is 0 Å². The number of nitriles is 1. The van der Waals surface area contributed by atoms with E-state index >= 15 is 0 Å². The van der Waals surface area contributed by atoms with Crippen molar-refractivity contribution in [3.05, 3.63) is 35.4 Å². The summed E-state index contributed by atoms with van der Waals surface area (Å²) >= 11 is 0. The Hall–Kier alpha value is -2.02. The highest BCUT2D eigenvalue weighted by Crippen LogP contribution is 2.05. The molecule has 0 spiro atoms. The first-order chi connectivity index (χ1) is 10.2. The van der Waals surface area contributed by atoms with E-state index in [4.69, 9.17) is 5.26 Å². The van der Waals surface area contributed by atoms with Gasteiger partial charge in [0, 0.05) is 13.1 Å². The molecule has 114 valence electrons. The number of nitrogens with zero attached hydrogens (tertiary/aromatic N) is 2. The first kappa shape index (κ1) is 17.0. The van der Waals surface area contributed by atoms with Crippen molar-refractivity contribution < 1.29 is 0 Å². The molecule has 1 aromatic rings. The third-order valence-electron chi connectivity index (χ3n) is 3.10. The van der Waals surface area contributed by atoms with E-state index in [1.807, 2.05) is 24.3 Å². The molecule has 0 aliphatic carbocycles. The lowest BCUT2D eigenvalue weighted by Gasteiger charge is -2.12. The molecule has 0 aliphatic rings. The number of guanidine groups is 1. The van der Waals surface area contributed by atoms with Crippen LogP contribution < -0.4 is 10.6 Å². The fourth-order valence-corrected chi connectivity index (χ4v) is 1.91. The SMILES string of the molecule is CCNC(=NCc1ccc(C#N)cc1)NCCCC(C)C. The van der Waals surface area contributed by atoms with E-state index in [9.17, 15) is 0 Å². The van der Waals surface area contributed by atoms with Gasteiger partial charge in [-0.05, 0) is 43.4 Å². The number of benzene rings is 1. The molecule has 21 heavy (non-hydrogen) atoms. The Balaban J connectivity index is 2.48. The van der Waals surface area contributed by atoms with Gasteiger partial charge in [0.15, 0.2) is 5.96 Å². The average Bonchev–Trinajstić information content (AvgIpc) is 2.49. The van der Waals surface area contributed by atoms with Crippen molar-refractivity contribution in [1.29, 1.82) is 5.26 Å². The van der Waals surface area contributed by atoms with Gasteiger partial charge in [-0.1, -0.05) is 26.0 Å². The largest absolute Gasteiger partial charge is 0.357 e. The second-order valence-electron chi connectivity index (χ2n) is 5.47.